The summed E-state index contributed by atoms with van der Waals surface area (Å²) < 4.78 is 39.2. The molecule has 0 aromatic heterocycles. The van der Waals surface area contributed by atoms with Crippen LogP contribution in [0.2, 0.25) is 0 Å². The van der Waals surface area contributed by atoms with E-state index in [1.165, 1.54) is 17.7 Å². The fourth-order valence-corrected chi connectivity index (χ4v) is 5.18. The van der Waals surface area contributed by atoms with Crippen LogP contribution in [0.15, 0.2) is 54.6 Å². The Morgan fingerprint density at radius 1 is 0.938 bits per heavy atom. The van der Waals surface area contributed by atoms with Gasteiger partial charge in [0.2, 0.25) is 0 Å². The topological polar surface area (TPSA) is 27.0 Å². The predicted molar refractivity (Wildman–Crippen MR) is 122 cm³/mol. The van der Waals surface area contributed by atoms with Crippen LogP contribution in [0, 0.1) is 17.2 Å². The van der Waals surface area contributed by atoms with Crippen molar-refractivity contribution in [1.29, 1.82) is 5.26 Å². The Labute approximate surface area is 190 Å². The maximum atomic E-state index is 13.1. The van der Waals surface area contributed by atoms with Crippen LogP contribution in [0.3, 0.4) is 0 Å². The lowest BCUT2D eigenvalue weighted by atomic mass is 9.67. The van der Waals surface area contributed by atoms with Gasteiger partial charge in [-0.2, -0.15) is 18.4 Å². The zero-order chi connectivity index (χ0) is 23.0. The monoisotopic (exact) mass is 442 g/mol. The highest BCUT2D eigenvalue weighted by Gasteiger charge is 2.42. The van der Waals surface area contributed by atoms with E-state index in [2.05, 4.69) is 30.0 Å². The first-order chi connectivity index (χ1) is 15.4. The maximum Gasteiger partial charge on any atom is 0.416 e. The minimum Gasteiger partial charge on any atom is -0.299 e. The summed E-state index contributed by atoms with van der Waals surface area (Å²) in [5.74, 6) is 0.206. The molecule has 2 nitrogen and oxygen atoms in total. The molecule has 172 valence electrons. The van der Waals surface area contributed by atoms with Crippen molar-refractivity contribution in [2.45, 2.75) is 70.0 Å². The Morgan fingerprint density at radius 3 is 2.12 bits per heavy atom. The average Bonchev–Trinajstić information content (AvgIpc) is 3.33. The summed E-state index contributed by atoms with van der Waals surface area (Å²) in [4.78, 5) is 2.42. The van der Waals surface area contributed by atoms with Crippen LogP contribution in [0.4, 0.5) is 13.2 Å². The van der Waals surface area contributed by atoms with E-state index in [9.17, 15) is 18.4 Å². The molecular formula is C27H33F3N2. The number of hydrogen-bond acceptors (Lipinski definition) is 2. The third-order valence-electron chi connectivity index (χ3n) is 6.81. The second-order valence-electron chi connectivity index (χ2n) is 9.00. The van der Waals surface area contributed by atoms with E-state index >= 15 is 0 Å². The average molecular weight is 443 g/mol. The van der Waals surface area contributed by atoms with Gasteiger partial charge in [0.15, 0.2) is 0 Å². The molecule has 1 atom stereocenters. The van der Waals surface area contributed by atoms with Gasteiger partial charge >= 0.3 is 6.18 Å². The Kier molecular flexibility index (Phi) is 8.37. The molecule has 32 heavy (non-hydrogen) atoms. The van der Waals surface area contributed by atoms with Gasteiger partial charge in [0, 0.05) is 6.54 Å². The lowest BCUT2D eigenvalue weighted by molar-refractivity contribution is -0.137. The molecule has 2 aromatic carbocycles. The van der Waals surface area contributed by atoms with Crippen LogP contribution < -0.4 is 0 Å². The highest BCUT2D eigenvalue weighted by atomic mass is 19.4. The largest absolute Gasteiger partial charge is 0.416 e. The van der Waals surface area contributed by atoms with Crippen LogP contribution in [0.25, 0.3) is 0 Å². The van der Waals surface area contributed by atoms with Gasteiger partial charge in [-0.3, -0.25) is 4.90 Å². The Balaban J connectivity index is 1.76. The number of alkyl halides is 3. The minimum atomic E-state index is -4.36. The number of rotatable bonds is 10. The summed E-state index contributed by atoms with van der Waals surface area (Å²) in [6, 6.07) is 18.3. The molecule has 0 N–H and O–H groups in total. The first kappa shape index (κ1) is 24.3. The zero-order valence-electron chi connectivity index (χ0n) is 18.9. The van der Waals surface area contributed by atoms with Gasteiger partial charge in [0.25, 0.3) is 0 Å². The third kappa shape index (κ3) is 5.92. The molecule has 0 aliphatic heterocycles. The van der Waals surface area contributed by atoms with Crippen molar-refractivity contribution in [3.8, 4) is 6.07 Å². The molecule has 0 spiro atoms. The van der Waals surface area contributed by atoms with Gasteiger partial charge in [-0.05, 0) is 74.4 Å². The van der Waals surface area contributed by atoms with E-state index in [-0.39, 0.29) is 5.92 Å². The summed E-state index contributed by atoms with van der Waals surface area (Å²) in [5.41, 5.74) is 0.637. The SMILES string of the molecule is CCCN(CCCC(C#N)(c1ccc(C(F)(F)F)cc1)C1CCCC1)Cc1ccccc1. The van der Waals surface area contributed by atoms with Crippen molar-refractivity contribution in [3.05, 3.63) is 71.3 Å². The number of benzene rings is 2. The van der Waals surface area contributed by atoms with E-state index in [0.717, 1.165) is 75.9 Å². The predicted octanol–water partition coefficient (Wildman–Crippen LogP) is 7.35. The molecule has 0 radical (unpaired) electrons. The van der Waals surface area contributed by atoms with Crippen LogP contribution in [0.1, 0.15) is 68.6 Å². The molecular weight excluding hydrogens is 409 g/mol. The molecule has 0 saturated heterocycles. The van der Waals surface area contributed by atoms with Gasteiger partial charge in [0.1, 0.15) is 0 Å². The van der Waals surface area contributed by atoms with E-state index in [0.29, 0.717) is 6.42 Å². The molecule has 1 aliphatic carbocycles. The van der Waals surface area contributed by atoms with Gasteiger partial charge in [-0.25, -0.2) is 0 Å². The van der Waals surface area contributed by atoms with E-state index < -0.39 is 17.2 Å². The second-order valence-corrected chi connectivity index (χ2v) is 9.00. The summed E-state index contributed by atoms with van der Waals surface area (Å²) in [5, 5.41) is 10.3. The van der Waals surface area contributed by atoms with E-state index in [1.54, 1.807) is 0 Å². The van der Waals surface area contributed by atoms with E-state index in [4.69, 9.17) is 0 Å². The molecule has 1 saturated carbocycles. The summed E-state index contributed by atoms with van der Waals surface area (Å²) in [6.07, 6.45) is 2.33. The summed E-state index contributed by atoms with van der Waals surface area (Å²) in [7, 11) is 0. The van der Waals surface area contributed by atoms with E-state index in [1.807, 2.05) is 18.2 Å². The van der Waals surface area contributed by atoms with Crippen molar-refractivity contribution in [3.63, 3.8) is 0 Å². The van der Waals surface area contributed by atoms with Crippen LogP contribution in [0.5, 0.6) is 0 Å². The van der Waals surface area contributed by atoms with Crippen molar-refractivity contribution in [2.75, 3.05) is 13.1 Å². The Morgan fingerprint density at radius 2 is 1.56 bits per heavy atom. The standard InChI is InChI=1S/C27H33F3N2/c1-2-18-32(20-22-9-4-3-5-10-22)19-8-17-26(21-31,23-11-6-7-12-23)24-13-15-25(16-14-24)27(28,29)30/h3-5,9-10,13-16,23H,2,6-8,11-12,17-20H2,1H3. The number of nitrogens with zero attached hydrogens (tertiary/aromatic N) is 2. The normalized spacial score (nSPS) is 16.8. The van der Waals surface area contributed by atoms with Gasteiger partial charge in [0.05, 0.1) is 17.0 Å². The molecule has 1 unspecified atom stereocenters. The molecule has 5 heteroatoms. The Hall–Kier alpha value is -2.32. The fraction of sp³-hybridized carbons (Fsp3) is 0.519. The summed E-state index contributed by atoms with van der Waals surface area (Å²) >= 11 is 0. The molecule has 2 aromatic rings. The lowest BCUT2D eigenvalue weighted by Gasteiger charge is -2.34. The van der Waals surface area contributed by atoms with Crippen LogP contribution in [-0.2, 0) is 18.1 Å². The molecule has 3 rings (SSSR count). The molecule has 0 bridgehead atoms. The van der Waals surface area contributed by atoms with Gasteiger partial charge < -0.3 is 0 Å². The lowest BCUT2D eigenvalue weighted by Crippen LogP contribution is -2.34. The van der Waals surface area contributed by atoms with Crippen molar-refractivity contribution < 1.29 is 13.2 Å². The fourth-order valence-electron chi connectivity index (χ4n) is 5.18. The molecule has 0 heterocycles. The van der Waals surface area contributed by atoms with Gasteiger partial charge in [-0.1, -0.05) is 62.2 Å². The highest BCUT2D eigenvalue weighted by Crippen LogP contribution is 2.45. The Bertz CT molecular complexity index is 865. The number of hydrogen-bond donors (Lipinski definition) is 0. The van der Waals surface area contributed by atoms with Gasteiger partial charge in [-0.15, -0.1) is 0 Å². The third-order valence-corrected chi connectivity index (χ3v) is 6.81. The first-order valence-electron chi connectivity index (χ1n) is 11.7. The maximum absolute atomic E-state index is 13.1. The zero-order valence-corrected chi connectivity index (χ0v) is 18.9. The smallest absolute Gasteiger partial charge is 0.299 e. The quantitative estimate of drug-likeness (QED) is 0.385. The van der Waals surface area contributed by atoms with Crippen molar-refractivity contribution in [1.82, 2.24) is 4.90 Å². The highest BCUT2D eigenvalue weighted by molar-refractivity contribution is 5.37. The number of halogens is 3. The molecule has 1 aliphatic rings. The molecule has 1 fully saturated rings. The van der Waals surface area contributed by atoms with Crippen molar-refractivity contribution in [2.24, 2.45) is 5.92 Å². The van der Waals surface area contributed by atoms with Crippen LogP contribution in [-0.4, -0.2) is 18.0 Å². The van der Waals surface area contributed by atoms with Crippen LogP contribution >= 0.6 is 0 Å². The molecule has 0 amide bonds. The minimum absolute atomic E-state index is 0.206. The first-order valence-corrected chi connectivity index (χ1v) is 11.7. The summed E-state index contributed by atoms with van der Waals surface area (Å²) in [6.45, 7) is 4.90. The second kappa shape index (κ2) is 11.0. The van der Waals surface area contributed by atoms with Crippen molar-refractivity contribution >= 4 is 0 Å². The number of nitriles is 1.